The van der Waals surface area contributed by atoms with Gasteiger partial charge in [-0.2, -0.15) is 39.5 Å². The number of carbonyl (C=O) groups excluding carboxylic acids is 2. The average Bonchev–Trinajstić information content (AvgIpc) is 3.68. The van der Waals surface area contributed by atoms with Crippen LogP contribution in [0.5, 0.6) is 0 Å². The summed E-state index contributed by atoms with van der Waals surface area (Å²) < 4.78 is 137. The number of methoxy groups -OCH3 is 2. The molecule has 0 fully saturated rings. The van der Waals surface area contributed by atoms with Crippen LogP contribution >= 0.6 is 0 Å². The Morgan fingerprint density at radius 2 is 0.959 bits per heavy atom. The maximum absolute atomic E-state index is 12.9. The molecule has 0 aliphatic heterocycles. The lowest BCUT2D eigenvalue weighted by Crippen LogP contribution is -2.15. The first kappa shape index (κ1) is 39.6. The van der Waals surface area contributed by atoms with Gasteiger partial charge in [0.15, 0.2) is 0 Å². The highest BCUT2D eigenvalue weighted by molar-refractivity contribution is 5.89. The van der Waals surface area contributed by atoms with Crippen LogP contribution in [0.15, 0.2) is 59.7 Å². The number of halogens is 9. The molecule has 6 nitrogen and oxygen atoms in total. The van der Waals surface area contributed by atoms with Gasteiger partial charge in [-0.25, -0.2) is 9.59 Å². The number of aryl methyl sites for hydroxylation is 1. The summed E-state index contributed by atoms with van der Waals surface area (Å²) in [5, 5.41) is 0. The monoisotopic (exact) mass is 710 g/mol. The number of carbonyl (C=O) groups is 2. The summed E-state index contributed by atoms with van der Waals surface area (Å²) in [7, 11) is 2.52. The normalized spacial score (nSPS) is 19.3. The third-order valence-corrected chi connectivity index (χ3v) is 7.80. The number of benzene rings is 2. The molecule has 15 heteroatoms. The minimum absolute atomic E-state index is 0.0705. The number of esters is 2. The van der Waals surface area contributed by atoms with Crippen molar-refractivity contribution in [1.29, 1.82) is 0 Å². The molecule has 2 aliphatic carbocycles. The Balaban J connectivity index is 0.000000267. The molecule has 0 spiro atoms. The predicted octanol–water partition coefficient (Wildman–Crippen LogP) is 9.42. The van der Waals surface area contributed by atoms with Crippen LogP contribution in [-0.2, 0) is 47.1 Å². The van der Waals surface area contributed by atoms with Crippen molar-refractivity contribution in [1.82, 2.24) is 0 Å². The molecule has 0 radical (unpaired) electrons. The van der Waals surface area contributed by atoms with Gasteiger partial charge in [0.25, 0.3) is 0 Å². The molecule has 0 amide bonds. The van der Waals surface area contributed by atoms with Crippen LogP contribution in [0.25, 0.3) is 0 Å². The van der Waals surface area contributed by atoms with Crippen LogP contribution in [0.3, 0.4) is 0 Å². The van der Waals surface area contributed by atoms with Gasteiger partial charge < -0.3 is 18.9 Å². The van der Waals surface area contributed by atoms with Crippen LogP contribution < -0.4 is 0 Å². The van der Waals surface area contributed by atoms with Crippen LogP contribution in [0, 0.1) is 6.92 Å². The number of hydrogen-bond donors (Lipinski definition) is 0. The highest BCUT2D eigenvalue weighted by atomic mass is 19.4. The van der Waals surface area contributed by atoms with E-state index in [-0.39, 0.29) is 17.7 Å². The highest BCUT2D eigenvalue weighted by Gasteiger charge is 2.38. The molecule has 0 heterocycles. The first-order valence-electron chi connectivity index (χ1n) is 15.0. The van der Waals surface area contributed by atoms with E-state index >= 15 is 0 Å². The first-order chi connectivity index (χ1) is 22.6. The molecule has 49 heavy (non-hydrogen) atoms. The zero-order valence-electron chi connectivity index (χ0n) is 27.1. The molecule has 0 aromatic heterocycles. The summed E-state index contributed by atoms with van der Waals surface area (Å²) in [6.45, 7) is 4.69. The number of hydrogen-bond acceptors (Lipinski definition) is 6. The Morgan fingerprint density at radius 1 is 0.612 bits per heavy atom. The maximum Gasteiger partial charge on any atom is 0.416 e. The summed E-state index contributed by atoms with van der Waals surface area (Å²) >= 11 is 0. The fraction of sp³-hybridized carbons (Fsp3) is 0.471. The Bertz CT molecular complexity index is 1520. The van der Waals surface area contributed by atoms with E-state index in [4.69, 9.17) is 9.47 Å². The maximum atomic E-state index is 12.9. The van der Waals surface area contributed by atoms with E-state index in [0.717, 1.165) is 12.1 Å². The molecule has 2 aromatic rings. The number of ether oxygens (including phenoxy) is 4. The van der Waals surface area contributed by atoms with Crippen molar-refractivity contribution in [3.8, 4) is 0 Å². The molecule has 4 rings (SSSR count). The van der Waals surface area contributed by atoms with Gasteiger partial charge in [0.1, 0.15) is 0 Å². The fourth-order valence-corrected chi connectivity index (χ4v) is 5.30. The summed E-state index contributed by atoms with van der Waals surface area (Å²) in [4.78, 5) is 22.9. The van der Waals surface area contributed by atoms with E-state index in [9.17, 15) is 49.1 Å². The van der Waals surface area contributed by atoms with Crippen molar-refractivity contribution >= 4 is 11.9 Å². The van der Waals surface area contributed by atoms with E-state index in [1.165, 1.54) is 27.2 Å². The minimum atomic E-state index is -4.92. The molecule has 0 saturated carbocycles. The molecule has 270 valence electrons. The minimum Gasteiger partial charge on any atom is -0.466 e. The van der Waals surface area contributed by atoms with Gasteiger partial charge in [-0.1, -0.05) is 11.6 Å². The summed E-state index contributed by atoms with van der Waals surface area (Å²) in [5.74, 6) is -0.930. The van der Waals surface area contributed by atoms with Crippen molar-refractivity contribution < 1.29 is 68.1 Å². The first-order valence-corrected chi connectivity index (χ1v) is 15.0. The van der Waals surface area contributed by atoms with Crippen LogP contribution in [0.1, 0.15) is 85.1 Å². The molecule has 2 aliphatic rings. The van der Waals surface area contributed by atoms with Gasteiger partial charge in [0.05, 0.1) is 55.3 Å². The molecule has 4 atom stereocenters. The van der Waals surface area contributed by atoms with Crippen LogP contribution in [-0.4, -0.2) is 38.4 Å². The predicted molar refractivity (Wildman–Crippen MR) is 158 cm³/mol. The third kappa shape index (κ3) is 11.1. The topological polar surface area (TPSA) is 71.1 Å². The average molecular weight is 711 g/mol. The lowest BCUT2D eigenvalue weighted by molar-refractivity contribution is -0.143. The molecule has 0 saturated heterocycles. The molecular weight excluding hydrogens is 675 g/mol. The van der Waals surface area contributed by atoms with Gasteiger partial charge in [0, 0.05) is 11.1 Å². The van der Waals surface area contributed by atoms with E-state index in [0.29, 0.717) is 60.1 Å². The van der Waals surface area contributed by atoms with E-state index in [1.54, 1.807) is 26.0 Å². The van der Waals surface area contributed by atoms with Gasteiger partial charge in [-0.05, 0) is 100 Å². The van der Waals surface area contributed by atoms with Crippen molar-refractivity contribution in [2.24, 2.45) is 0 Å². The number of alkyl halides is 9. The van der Waals surface area contributed by atoms with E-state index in [2.05, 4.69) is 9.47 Å². The van der Waals surface area contributed by atoms with E-state index in [1.807, 2.05) is 0 Å². The van der Waals surface area contributed by atoms with Gasteiger partial charge >= 0.3 is 30.5 Å². The zero-order chi connectivity index (χ0) is 36.9. The second kappa shape index (κ2) is 15.8. The second-order valence-electron chi connectivity index (χ2n) is 11.5. The fourth-order valence-electron chi connectivity index (χ4n) is 5.30. The van der Waals surface area contributed by atoms with E-state index < -0.39 is 65.5 Å². The largest absolute Gasteiger partial charge is 0.466 e. The molecule has 0 unspecified atom stereocenters. The summed E-state index contributed by atoms with van der Waals surface area (Å²) in [5.41, 5.74) is -1.80. The summed E-state index contributed by atoms with van der Waals surface area (Å²) in [6, 6.07) is 5.25. The van der Waals surface area contributed by atoms with Crippen molar-refractivity contribution in [3.05, 3.63) is 93.1 Å². The van der Waals surface area contributed by atoms with Crippen molar-refractivity contribution in [3.63, 3.8) is 0 Å². The Hall–Kier alpha value is -3.85. The smallest absolute Gasteiger partial charge is 0.416 e. The standard InChI is InChI=1S/C17H16F6O3.C17H19F3O3/c1-9(26-14-4-3-10(7-14)15(24)25-2)11-5-12(16(18,19)20)8-13(6-11)17(21,22)23;1-10-6-13(8-14(7-10)17(18,19)20)11(2)23-15-5-4-12(9-15)16(21)22-3/h5-9,14H,3-4H2,1-2H3;6-9,11,15H,4-5H2,1-3H3/t9-,14-;11-,15+/m11/s1. The Kier molecular flexibility index (Phi) is 12.8. The highest BCUT2D eigenvalue weighted by Crippen LogP contribution is 2.39. The number of rotatable bonds is 8. The Morgan fingerprint density at radius 3 is 1.31 bits per heavy atom. The molecular formula is C34H35F9O6. The molecule has 0 N–H and O–H groups in total. The van der Waals surface area contributed by atoms with Crippen LogP contribution in [0.2, 0.25) is 0 Å². The zero-order valence-corrected chi connectivity index (χ0v) is 27.1. The van der Waals surface area contributed by atoms with Gasteiger partial charge in [-0.3, -0.25) is 0 Å². The SMILES string of the molecule is COC(=O)C1=C[C@@H](O[C@H](C)c2cc(C)cc(C(F)(F)F)c2)CC1.COC(=O)C1=C[C@H](O[C@H](C)c2cc(C(F)(F)F)cc(C(F)(F)F)c2)CC1. The van der Waals surface area contributed by atoms with Crippen molar-refractivity contribution in [2.75, 3.05) is 14.2 Å². The van der Waals surface area contributed by atoms with Crippen molar-refractivity contribution in [2.45, 2.75) is 89.4 Å². The van der Waals surface area contributed by atoms with Crippen LogP contribution in [0.4, 0.5) is 39.5 Å². The lowest BCUT2D eigenvalue weighted by atomic mass is 10.0. The third-order valence-electron chi connectivity index (χ3n) is 7.80. The van der Waals surface area contributed by atoms with Gasteiger partial charge in [0.2, 0.25) is 0 Å². The molecule has 2 aromatic carbocycles. The second-order valence-corrected chi connectivity index (χ2v) is 11.5. The Labute approximate surface area is 276 Å². The quantitative estimate of drug-likeness (QED) is 0.201. The molecule has 0 bridgehead atoms. The lowest BCUT2D eigenvalue weighted by Gasteiger charge is -2.20. The van der Waals surface area contributed by atoms with Gasteiger partial charge in [-0.15, -0.1) is 0 Å². The summed E-state index contributed by atoms with van der Waals surface area (Å²) in [6.07, 6.45) is -11.6.